The Morgan fingerprint density at radius 2 is 2.21 bits per heavy atom. The van der Waals surface area contributed by atoms with Crippen LogP contribution >= 0.6 is 23.2 Å². The smallest absolute Gasteiger partial charge is 0.0660 e. The molecule has 0 bridgehead atoms. The van der Waals surface area contributed by atoms with Gasteiger partial charge in [0.2, 0.25) is 0 Å². The van der Waals surface area contributed by atoms with Crippen LogP contribution < -0.4 is 5.32 Å². The molecular weight excluding hydrogens is 217 g/mol. The zero-order valence-electron chi connectivity index (χ0n) is 7.85. The van der Waals surface area contributed by atoms with Crippen molar-refractivity contribution in [1.29, 1.82) is 0 Å². The number of halogens is 2. The van der Waals surface area contributed by atoms with Gasteiger partial charge in [0.25, 0.3) is 0 Å². The third kappa shape index (κ3) is 2.92. The van der Waals surface area contributed by atoms with Gasteiger partial charge in [-0.2, -0.15) is 0 Å². The minimum Gasteiger partial charge on any atom is -0.300 e. The van der Waals surface area contributed by atoms with E-state index in [0.717, 1.165) is 5.56 Å². The molecular formula is C11H11Cl2N. The molecule has 14 heavy (non-hydrogen) atoms. The van der Waals surface area contributed by atoms with E-state index in [2.05, 4.69) is 11.2 Å². The Morgan fingerprint density at radius 3 is 2.86 bits per heavy atom. The highest BCUT2D eigenvalue weighted by atomic mass is 35.5. The highest BCUT2D eigenvalue weighted by Gasteiger charge is 2.04. The average Bonchev–Trinajstić information content (AvgIpc) is 2.20. The summed E-state index contributed by atoms with van der Waals surface area (Å²) >= 11 is 11.9. The van der Waals surface area contributed by atoms with E-state index in [4.69, 9.17) is 29.6 Å². The van der Waals surface area contributed by atoms with Crippen molar-refractivity contribution in [2.24, 2.45) is 0 Å². The first kappa shape index (κ1) is 11.4. The number of benzene rings is 1. The topological polar surface area (TPSA) is 12.0 Å². The first-order valence-corrected chi connectivity index (χ1v) is 5.03. The molecule has 0 aliphatic heterocycles. The monoisotopic (exact) mass is 227 g/mol. The van der Waals surface area contributed by atoms with E-state index in [1.807, 2.05) is 19.1 Å². The summed E-state index contributed by atoms with van der Waals surface area (Å²) < 4.78 is 0. The van der Waals surface area contributed by atoms with Gasteiger partial charge >= 0.3 is 0 Å². The van der Waals surface area contributed by atoms with Gasteiger partial charge in [-0.15, -0.1) is 6.42 Å². The van der Waals surface area contributed by atoms with Gasteiger partial charge in [0, 0.05) is 6.54 Å². The van der Waals surface area contributed by atoms with Gasteiger partial charge in [0.1, 0.15) is 0 Å². The summed E-state index contributed by atoms with van der Waals surface area (Å²) in [6.45, 7) is 2.54. The Labute approximate surface area is 94.4 Å². The first-order valence-electron chi connectivity index (χ1n) is 4.27. The van der Waals surface area contributed by atoms with Crippen molar-refractivity contribution in [1.82, 2.24) is 5.32 Å². The third-order valence-corrected chi connectivity index (χ3v) is 2.74. The second kappa shape index (κ2) is 5.26. The van der Waals surface area contributed by atoms with E-state index in [-0.39, 0.29) is 6.04 Å². The van der Waals surface area contributed by atoms with Gasteiger partial charge in [-0.1, -0.05) is 41.3 Å². The molecule has 1 atom stereocenters. The number of terminal acetylenes is 1. The Kier molecular flexibility index (Phi) is 4.28. The zero-order valence-corrected chi connectivity index (χ0v) is 9.36. The van der Waals surface area contributed by atoms with Crippen molar-refractivity contribution in [3.8, 4) is 12.3 Å². The second-order valence-corrected chi connectivity index (χ2v) is 3.77. The molecule has 1 aromatic carbocycles. The van der Waals surface area contributed by atoms with Gasteiger partial charge in [-0.3, -0.25) is 5.32 Å². The van der Waals surface area contributed by atoms with Gasteiger partial charge in [0.05, 0.1) is 16.1 Å². The molecule has 0 aliphatic rings. The fourth-order valence-electron chi connectivity index (χ4n) is 1.01. The Morgan fingerprint density at radius 1 is 1.50 bits per heavy atom. The maximum Gasteiger partial charge on any atom is 0.0660 e. The molecule has 1 rings (SSSR count). The van der Waals surface area contributed by atoms with Crippen molar-refractivity contribution in [3.05, 3.63) is 33.8 Å². The lowest BCUT2D eigenvalue weighted by Gasteiger charge is -2.09. The Balaban J connectivity index is 2.69. The van der Waals surface area contributed by atoms with E-state index >= 15 is 0 Å². The van der Waals surface area contributed by atoms with Crippen LogP contribution in [0.2, 0.25) is 10.0 Å². The van der Waals surface area contributed by atoms with Gasteiger partial charge in [-0.25, -0.2) is 0 Å². The molecule has 0 fully saturated rings. The maximum atomic E-state index is 6.00. The fraction of sp³-hybridized carbons (Fsp3) is 0.273. The van der Waals surface area contributed by atoms with E-state index in [1.165, 1.54) is 0 Å². The van der Waals surface area contributed by atoms with Crippen molar-refractivity contribution in [2.75, 3.05) is 0 Å². The van der Waals surface area contributed by atoms with E-state index in [1.54, 1.807) is 6.07 Å². The predicted octanol–water partition coefficient (Wildman–Crippen LogP) is 3.10. The van der Waals surface area contributed by atoms with Crippen LogP contribution in [0.15, 0.2) is 18.2 Å². The zero-order chi connectivity index (χ0) is 10.6. The summed E-state index contributed by atoms with van der Waals surface area (Å²) in [6, 6.07) is 5.58. The fourth-order valence-corrected chi connectivity index (χ4v) is 1.39. The molecule has 0 aliphatic carbocycles. The summed E-state index contributed by atoms with van der Waals surface area (Å²) in [5, 5.41) is 4.30. The molecule has 0 saturated heterocycles. The highest BCUT2D eigenvalue weighted by molar-refractivity contribution is 6.42. The van der Waals surface area contributed by atoms with Crippen molar-refractivity contribution < 1.29 is 0 Å². The molecule has 1 nitrogen and oxygen atoms in total. The number of hydrogen-bond donors (Lipinski definition) is 1. The predicted molar refractivity (Wildman–Crippen MR) is 61.6 cm³/mol. The van der Waals surface area contributed by atoms with Crippen LogP contribution in [-0.2, 0) is 6.54 Å². The van der Waals surface area contributed by atoms with Gasteiger partial charge in [-0.05, 0) is 18.6 Å². The molecule has 1 N–H and O–H groups in total. The van der Waals surface area contributed by atoms with Crippen LogP contribution in [0.4, 0.5) is 0 Å². The number of rotatable bonds is 3. The van der Waals surface area contributed by atoms with Crippen LogP contribution in [0.25, 0.3) is 0 Å². The summed E-state index contributed by atoms with van der Waals surface area (Å²) in [6.07, 6.45) is 5.23. The number of nitrogens with one attached hydrogen (secondary N) is 1. The molecule has 0 heterocycles. The molecule has 0 radical (unpaired) electrons. The van der Waals surface area contributed by atoms with Crippen molar-refractivity contribution in [3.63, 3.8) is 0 Å². The van der Waals surface area contributed by atoms with Gasteiger partial charge in [0.15, 0.2) is 0 Å². The lowest BCUT2D eigenvalue weighted by atomic mass is 10.2. The summed E-state index contributed by atoms with van der Waals surface area (Å²) in [5.41, 5.74) is 0.960. The average molecular weight is 228 g/mol. The standard InChI is InChI=1S/C11H11Cl2N/c1-3-8(2)14-7-9-5-4-6-10(12)11(9)13/h1,4-6,8,14H,7H2,2H3. The van der Waals surface area contributed by atoms with Gasteiger partial charge < -0.3 is 0 Å². The molecule has 74 valence electrons. The summed E-state index contributed by atoms with van der Waals surface area (Å²) in [7, 11) is 0. The minimum atomic E-state index is 0.0325. The molecule has 0 spiro atoms. The molecule has 0 amide bonds. The molecule has 0 saturated carbocycles. The second-order valence-electron chi connectivity index (χ2n) is 2.98. The SMILES string of the molecule is C#CC(C)NCc1cccc(Cl)c1Cl. The largest absolute Gasteiger partial charge is 0.300 e. The normalized spacial score (nSPS) is 12.1. The van der Waals surface area contributed by atoms with E-state index < -0.39 is 0 Å². The minimum absolute atomic E-state index is 0.0325. The Hall–Kier alpha value is -0.680. The lowest BCUT2D eigenvalue weighted by molar-refractivity contribution is 0.648. The van der Waals surface area contributed by atoms with Crippen LogP contribution in [0.5, 0.6) is 0 Å². The molecule has 1 unspecified atom stereocenters. The quantitative estimate of drug-likeness (QED) is 0.784. The van der Waals surface area contributed by atoms with Crippen LogP contribution in [0.3, 0.4) is 0 Å². The molecule has 1 aromatic rings. The van der Waals surface area contributed by atoms with Crippen LogP contribution in [-0.4, -0.2) is 6.04 Å². The molecule has 3 heteroatoms. The Bertz CT molecular complexity index is 355. The van der Waals surface area contributed by atoms with E-state index in [9.17, 15) is 0 Å². The first-order chi connectivity index (χ1) is 6.65. The molecule has 0 aromatic heterocycles. The lowest BCUT2D eigenvalue weighted by Crippen LogP contribution is -2.23. The third-order valence-electron chi connectivity index (χ3n) is 1.88. The van der Waals surface area contributed by atoms with Crippen molar-refractivity contribution in [2.45, 2.75) is 19.5 Å². The van der Waals surface area contributed by atoms with E-state index in [0.29, 0.717) is 16.6 Å². The summed E-state index contributed by atoms with van der Waals surface area (Å²) in [5.74, 6) is 2.58. The number of hydrogen-bond acceptors (Lipinski definition) is 1. The highest BCUT2D eigenvalue weighted by Crippen LogP contribution is 2.25. The van der Waals surface area contributed by atoms with Crippen LogP contribution in [0, 0.1) is 12.3 Å². The van der Waals surface area contributed by atoms with Crippen molar-refractivity contribution >= 4 is 23.2 Å². The maximum absolute atomic E-state index is 6.00. The van der Waals surface area contributed by atoms with Crippen LogP contribution in [0.1, 0.15) is 12.5 Å². The summed E-state index contributed by atoms with van der Waals surface area (Å²) in [4.78, 5) is 0.